The van der Waals surface area contributed by atoms with Crippen LogP contribution < -0.4 is 0 Å². The van der Waals surface area contributed by atoms with Crippen molar-refractivity contribution in [1.82, 2.24) is 0 Å². The van der Waals surface area contributed by atoms with Gasteiger partial charge in [-0.05, 0) is 12.3 Å². The van der Waals surface area contributed by atoms with Gasteiger partial charge in [0.15, 0.2) is 0 Å². The minimum absolute atomic E-state index is 0.0409. The lowest BCUT2D eigenvalue weighted by Crippen LogP contribution is -2.13. The molecule has 0 aliphatic rings. The summed E-state index contributed by atoms with van der Waals surface area (Å²) in [6.07, 6.45) is 0.474. The molecule has 0 saturated carbocycles. The molecule has 0 aromatic heterocycles. The van der Waals surface area contributed by atoms with E-state index in [-0.39, 0.29) is 23.8 Å². The molecule has 0 saturated heterocycles. The van der Waals surface area contributed by atoms with Crippen LogP contribution >= 0.6 is 0 Å². The van der Waals surface area contributed by atoms with Crippen LogP contribution in [0.3, 0.4) is 0 Å². The Balaban J connectivity index is 3.83. The van der Waals surface area contributed by atoms with Crippen molar-refractivity contribution in [1.29, 1.82) is 0 Å². The van der Waals surface area contributed by atoms with Gasteiger partial charge in [0, 0.05) is 12.2 Å². The van der Waals surface area contributed by atoms with Crippen LogP contribution in [-0.2, 0) is 14.6 Å². The van der Waals surface area contributed by atoms with Crippen molar-refractivity contribution in [3.63, 3.8) is 0 Å². The zero-order valence-electron chi connectivity index (χ0n) is 7.99. The maximum absolute atomic E-state index is 11.0. The van der Waals surface area contributed by atoms with Crippen molar-refractivity contribution in [2.45, 2.75) is 26.7 Å². The van der Waals surface area contributed by atoms with Crippen molar-refractivity contribution < 1.29 is 18.3 Å². The first-order valence-corrected chi connectivity index (χ1v) is 6.11. The first kappa shape index (κ1) is 12.4. The van der Waals surface area contributed by atoms with Crippen molar-refractivity contribution in [3.05, 3.63) is 0 Å². The van der Waals surface area contributed by atoms with E-state index in [0.717, 1.165) is 0 Å². The number of carboxylic acids is 1. The Morgan fingerprint density at radius 1 is 1.46 bits per heavy atom. The highest BCUT2D eigenvalue weighted by atomic mass is 32.2. The molecule has 0 bridgehead atoms. The van der Waals surface area contributed by atoms with Crippen LogP contribution in [0.25, 0.3) is 0 Å². The average Bonchev–Trinajstić information content (AvgIpc) is 2.00. The molecule has 4 nitrogen and oxygen atoms in total. The van der Waals surface area contributed by atoms with Crippen LogP contribution in [0.2, 0.25) is 0 Å². The van der Waals surface area contributed by atoms with E-state index in [1.807, 2.05) is 0 Å². The molecule has 1 N–H and O–H groups in total. The number of sulfone groups is 1. The minimum atomic E-state index is -2.94. The summed E-state index contributed by atoms with van der Waals surface area (Å²) in [5, 5.41) is 8.42. The van der Waals surface area contributed by atoms with Gasteiger partial charge < -0.3 is 5.11 Å². The highest BCUT2D eigenvalue weighted by Crippen LogP contribution is 2.09. The van der Waals surface area contributed by atoms with Crippen molar-refractivity contribution >= 4 is 15.8 Å². The lowest BCUT2D eigenvalue weighted by molar-refractivity contribution is -0.137. The summed E-state index contributed by atoms with van der Waals surface area (Å²) in [5.41, 5.74) is 0. The van der Waals surface area contributed by atoms with E-state index < -0.39 is 15.8 Å². The molecule has 5 heteroatoms. The van der Waals surface area contributed by atoms with E-state index in [1.165, 1.54) is 0 Å². The molecule has 0 rings (SSSR count). The Morgan fingerprint density at radius 3 is 2.38 bits per heavy atom. The van der Waals surface area contributed by atoms with Crippen molar-refractivity contribution in [3.8, 4) is 0 Å². The first-order valence-electron chi connectivity index (χ1n) is 4.29. The van der Waals surface area contributed by atoms with E-state index in [0.29, 0.717) is 6.42 Å². The maximum Gasteiger partial charge on any atom is 0.303 e. The van der Waals surface area contributed by atoms with Gasteiger partial charge in [0.1, 0.15) is 9.84 Å². The Bertz CT molecular complexity index is 255. The van der Waals surface area contributed by atoms with Crippen LogP contribution in [0.5, 0.6) is 0 Å². The Labute approximate surface area is 78.9 Å². The summed E-state index contributed by atoms with van der Waals surface area (Å²) in [5.74, 6) is -0.717. The summed E-state index contributed by atoms with van der Waals surface area (Å²) >= 11 is 0. The molecule has 0 spiro atoms. The molecule has 0 aromatic rings. The summed E-state index contributed by atoms with van der Waals surface area (Å²) < 4.78 is 22.1. The summed E-state index contributed by atoms with van der Waals surface area (Å²) in [4.78, 5) is 10.3. The number of aliphatic carboxylic acids is 1. The highest BCUT2D eigenvalue weighted by molar-refractivity contribution is 7.91. The number of rotatable bonds is 6. The zero-order chi connectivity index (χ0) is 10.5. The molecule has 1 unspecified atom stereocenters. The smallest absolute Gasteiger partial charge is 0.303 e. The molecular weight excluding hydrogens is 192 g/mol. The molecule has 0 amide bonds. The molecule has 0 aliphatic heterocycles. The second-order valence-electron chi connectivity index (χ2n) is 3.23. The Morgan fingerprint density at radius 2 is 2.00 bits per heavy atom. The van der Waals surface area contributed by atoms with Gasteiger partial charge >= 0.3 is 5.97 Å². The third-order valence-corrected chi connectivity index (χ3v) is 3.62. The van der Waals surface area contributed by atoms with Crippen LogP contribution in [-0.4, -0.2) is 31.0 Å². The first-order chi connectivity index (χ1) is 5.87. The van der Waals surface area contributed by atoms with Gasteiger partial charge in [-0.1, -0.05) is 13.8 Å². The molecule has 78 valence electrons. The topological polar surface area (TPSA) is 71.4 Å². The Hall–Kier alpha value is -0.580. The summed E-state index contributed by atoms with van der Waals surface area (Å²) in [6.45, 7) is 3.34. The van der Waals surface area contributed by atoms with Gasteiger partial charge in [0.05, 0.1) is 5.75 Å². The molecule has 13 heavy (non-hydrogen) atoms. The fraction of sp³-hybridized carbons (Fsp3) is 0.875. The van der Waals surface area contributed by atoms with E-state index in [2.05, 4.69) is 0 Å². The maximum atomic E-state index is 11.0. The number of carbonyl (C=O) groups is 1. The van der Waals surface area contributed by atoms with Crippen LogP contribution in [0.4, 0.5) is 0 Å². The quantitative estimate of drug-likeness (QED) is 0.704. The lowest BCUT2D eigenvalue weighted by Gasteiger charge is -2.07. The molecule has 1 atom stereocenters. The van der Waals surface area contributed by atoms with Crippen LogP contribution in [0, 0.1) is 5.92 Å². The third kappa shape index (κ3) is 6.57. The molecule has 0 radical (unpaired) electrons. The van der Waals surface area contributed by atoms with Gasteiger partial charge in [0.25, 0.3) is 0 Å². The minimum Gasteiger partial charge on any atom is -0.481 e. The molecule has 0 heterocycles. The Kier molecular flexibility index (Phi) is 4.98. The van der Waals surface area contributed by atoms with Gasteiger partial charge in [-0.25, -0.2) is 8.42 Å². The zero-order valence-corrected chi connectivity index (χ0v) is 8.80. The highest BCUT2D eigenvalue weighted by Gasteiger charge is 2.12. The van der Waals surface area contributed by atoms with E-state index in [4.69, 9.17) is 5.11 Å². The van der Waals surface area contributed by atoms with E-state index in [1.54, 1.807) is 13.8 Å². The molecular formula is C8H16O4S. The summed E-state index contributed by atoms with van der Waals surface area (Å²) in [6, 6.07) is 0. The normalized spacial score (nSPS) is 14.0. The second kappa shape index (κ2) is 5.21. The van der Waals surface area contributed by atoms with Gasteiger partial charge in [-0.15, -0.1) is 0 Å². The fourth-order valence-corrected chi connectivity index (χ4v) is 1.98. The molecule has 0 aliphatic carbocycles. The van der Waals surface area contributed by atoms with Crippen LogP contribution in [0.1, 0.15) is 26.7 Å². The fourth-order valence-electron chi connectivity index (χ4n) is 0.925. The van der Waals surface area contributed by atoms with Crippen LogP contribution in [0.15, 0.2) is 0 Å². The predicted octanol–water partition coefficient (Wildman–Crippen LogP) is 0.922. The van der Waals surface area contributed by atoms with Crippen molar-refractivity contribution in [2.24, 2.45) is 5.92 Å². The lowest BCUT2D eigenvalue weighted by atomic mass is 10.1. The largest absolute Gasteiger partial charge is 0.481 e. The van der Waals surface area contributed by atoms with Crippen molar-refractivity contribution in [2.75, 3.05) is 11.5 Å². The van der Waals surface area contributed by atoms with Gasteiger partial charge in [0.2, 0.25) is 0 Å². The molecule has 0 fully saturated rings. The standard InChI is InChI=1S/C8H16O4S/c1-3-13(11,12)5-4-7(2)6-8(9)10/h7H,3-6H2,1-2H3,(H,9,10). The van der Waals surface area contributed by atoms with Gasteiger partial charge in [-0.3, -0.25) is 4.79 Å². The third-order valence-electron chi connectivity index (χ3n) is 1.88. The second-order valence-corrected chi connectivity index (χ2v) is 5.70. The van der Waals surface area contributed by atoms with Gasteiger partial charge in [-0.2, -0.15) is 0 Å². The van der Waals surface area contributed by atoms with E-state index >= 15 is 0 Å². The molecule has 0 aromatic carbocycles. The SMILES string of the molecule is CCS(=O)(=O)CCC(C)CC(=O)O. The number of hydrogen-bond donors (Lipinski definition) is 1. The average molecular weight is 208 g/mol. The van der Waals surface area contributed by atoms with E-state index in [9.17, 15) is 13.2 Å². The number of carboxylic acid groups (broad SMARTS) is 1. The monoisotopic (exact) mass is 208 g/mol. The predicted molar refractivity (Wildman–Crippen MR) is 50.4 cm³/mol. The summed E-state index contributed by atoms with van der Waals surface area (Å²) in [7, 11) is -2.94. The number of hydrogen-bond acceptors (Lipinski definition) is 3.